The molecule has 2 aliphatic heterocycles. The van der Waals surface area contributed by atoms with Crippen molar-refractivity contribution in [2.24, 2.45) is 11.8 Å². The van der Waals surface area contributed by atoms with Crippen molar-refractivity contribution in [2.45, 2.75) is 70.5 Å². The molecule has 0 saturated carbocycles. The first-order chi connectivity index (χ1) is 12.1. The fourth-order valence-corrected chi connectivity index (χ4v) is 3.76. The number of carbonyl (C=O) groups is 2. The van der Waals surface area contributed by atoms with Crippen LogP contribution >= 0.6 is 0 Å². The van der Waals surface area contributed by atoms with Gasteiger partial charge in [-0.25, -0.2) is 4.79 Å². The van der Waals surface area contributed by atoms with Gasteiger partial charge in [0.2, 0.25) is 0 Å². The van der Waals surface area contributed by atoms with Crippen LogP contribution in [0.3, 0.4) is 0 Å². The topological polar surface area (TPSA) is 84.9 Å². The maximum atomic E-state index is 11.7. The zero-order chi connectivity index (χ0) is 18.1. The number of nitrogens with one attached hydrogen (secondary N) is 1. The number of unbranched alkanes of at least 4 members (excludes halogenated alkanes) is 2. The maximum absolute atomic E-state index is 11.7. The number of rotatable bonds is 11. The minimum absolute atomic E-state index is 0.207. The van der Waals surface area contributed by atoms with E-state index in [1.54, 1.807) is 0 Å². The van der Waals surface area contributed by atoms with Crippen LogP contribution in [0.2, 0.25) is 0 Å². The van der Waals surface area contributed by atoms with Gasteiger partial charge in [0.25, 0.3) is 0 Å². The van der Waals surface area contributed by atoms with E-state index in [0.29, 0.717) is 25.5 Å². The van der Waals surface area contributed by atoms with E-state index >= 15 is 0 Å². The number of carboxylic acid groups (broad SMARTS) is 1. The molecule has 25 heavy (non-hydrogen) atoms. The van der Waals surface area contributed by atoms with E-state index in [-0.39, 0.29) is 30.6 Å². The highest BCUT2D eigenvalue weighted by Crippen LogP contribution is 2.45. The summed E-state index contributed by atoms with van der Waals surface area (Å²) >= 11 is 0. The molecule has 0 spiro atoms. The largest absolute Gasteiger partial charge is 0.481 e. The van der Waals surface area contributed by atoms with Gasteiger partial charge in [0.15, 0.2) is 0 Å². The fourth-order valence-electron chi connectivity index (χ4n) is 3.76. The Morgan fingerprint density at radius 3 is 2.68 bits per heavy atom. The highest BCUT2D eigenvalue weighted by molar-refractivity contribution is 5.67. The predicted octanol–water partition coefficient (Wildman–Crippen LogP) is 3.51. The van der Waals surface area contributed by atoms with Crippen molar-refractivity contribution in [1.29, 1.82) is 0 Å². The Kier molecular flexibility index (Phi) is 8.25. The van der Waals surface area contributed by atoms with Crippen LogP contribution in [0, 0.1) is 11.8 Å². The molecule has 2 fully saturated rings. The zero-order valence-corrected chi connectivity index (χ0v) is 15.1. The Morgan fingerprint density at radius 2 is 1.96 bits per heavy atom. The lowest BCUT2D eigenvalue weighted by molar-refractivity contribution is -0.137. The standard InChI is InChI=1S/C19H31NO5/c1-2-3-12-20-19(23)24-13-15-14(16-10-11-17(15)25-16)8-6-4-5-7-9-18(21)22/h4,6,14-17H,2-3,5,7-13H2,1H3,(H,20,23)(H,21,22)/b6-4-/t14-,15+,16-,17+/m1/s1. The van der Waals surface area contributed by atoms with E-state index in [4.69, 9.17) is 14.6 Å². The molecule has 2 saturated heterocycles. The first-order valence-electron chi connectivity index (χ1n) is 9.54. The van der Waals surface area contributed by atoms with Gasteiger partial charge in [-0.1, -0.05) is 25.5 Å². The molecule has 6 heteroatoms. The molecule has 1 amide bonds. The smallest absolute Gasteiger partial charge is 0.407 e. The highest BCUT2D eigenvalue weighted by atomic mass is 16.6. The molecule has 2 heterocycles. The van der Waals surface area contributed by atoms with Crippen LogP contribution in [-0.2, 0) is 14.3 Å². The van der Waals surface area contributed by atoms with E-state index in [1.807, 2.05) is 0 Å². The average molecular weight is 353 g/mol. The second-order valence-corrected chi connectivity index (χ2v) is 6.99. The third kappa shape index (κ3) is 6.34. The van der Waals surface area contributed by atoms with E-state index in [1.165, 1.54) is 0 Å². The molecule has 2 bridgehead atoms. The molecule has 2 N–H and O–H groups in total. The van der Waals surface area contributed by atoms with E-state index < -0.39 is 5.97 Å². The molecule has 0 unspecified atom stereocenters. The van der Waals surface area contributed by atoms with E-state index in [0.717, 1.165) is 38.5 Å². The summed E-state index contributed by atoms with van der Waals surface area (Å²) in [5.74, 6) is -0.0958. The van der Waals surface area contributed by atoms with Gasteiger partial charge < -0.3 is 19.9 Å². The van der Waals surface area contributed by atoms with E-state index in [2.05, 4.69) is 24.4 Å². The summed E-state index contributed by atoms with van der Waals surface area (Å²) in [6.07, 6.45) is 11.0. The molecule has 142 valence electrons. The average Bonchev–Trinajstić information content (AvgIpc) is 3.17. The van der Waals surface area contributed by atoms with Crippen molar-refractivity contribution < 1.29 is 24.2 Å². The summed E-state index contributed by atoms with van der Waals surface area (Å²) < 4.78 is 11.4. The molecule has 2 aliphatic rings. The van der Waals surface area contributed by atoms with Crippen LogP contribution in [0.5, 0.6) is 0 Å². The molecular formula is C19H31NO5. The first kappa shape index (κ1) is 19.8. The van der Waals surface area contributed by atoms with Crippen LogP contribution in [0.25, 0.3) is 0 Å². The minimum atomic E-state index is -0.746. The zero-order valence-electron chi connectivity index (χ0n) is 15.1. The number of carboxylic acids is 1. The molecular weight excluding hydrogens is 322 g/mol. The number of allylic oxidation sites excluding steroid dienone is 2. The van der Waals surface area contributed by atoms with Crippen LogP contribution in [-0.4, -0.2) is 42.5 Å². The summed E-state index contributed by atoms with van der Waals surface area (Å²) in [7, 11) is 0. The summed E-state index contributed by atoms with van der Waals surface area (Å²) in [4.78, 5) is 22.2. The van der Waals surface area contributed by atoms with Crippen LogP contribution in [0.15, 0.2) is 12.2 Å². The van der Waals surface area contributed by atoms with Crippen LogP contribution in [0.1, 0.15) is 58.3 Å². The molecule has 6 nitrogen and oxygen atoms in total. The molecule has 0 aromatic rings. The quantitative estimate of drug-likeness (QED) is 0.439. The lowest BCUT2D eigenvalue weighted by Crippen LogP contribution is -2.34. The van der Waals surface area contributed by atoms with Gasteiger partial charge in [0.05, 0.1) is 18.8 Å². The van der Waals surface area contributed by atoms with Crippen molar-refractivity contribution in [1.82, 2.24) is 5.32 Å². The SMILES string of the molecule is CCCCNC(=O)OC[C@H]1[C@@H](C/C=C\CCCC(=O)O)[C@H]2CC[C@@H]1O2. The molecule has 2 rings (SSSR count). The highest BCUT2D eigenvalue weighted by Gasteiger charge is 2.48. The van der Waals surface area contributed by atoms with Crippen molar-refractivity contribution in [2.75, 3.05) is 13.2 Å². The van der Waals surface area contributed by atoms with Gasteiger partial charge in [-0.05, 0) is 44.4 Å². The number of carbonyl (C=O) groups excluding carboxylic acids is 1. The third-order valence-corrected chi connectivity index (χ3v) is 5.13. The number of fused-ring (bicyclic) bond motifs is 2. The van der Waals surface area contributed by atoms with Gasteiger partial charge in [-0.15, -0.1) is 0 Å². The first-order valence-corrected chi connectivity index (χ1v) is 9.54. The number of hydrogen-bond donors (Lipinski definition) is 2. The number of alkyl carbamates (subject to hydrolysis) is 1. The van der Waals surface area contributed by atoms with Crippen LogP contribution < -0.4 is 5.32 Å². The molecule has 4 atom stereocenters. The Bertz CT molecular complexity index is 465. The van der Waals surface area contributed by atoms with Gasteiger partial charge in [-0.3, -0.25) is 4.79 Å². The summed E-state index contributed by atoms with van der Waals surface area (Å²) in [5.41, 5.74) is 0. The Morgan fingerprint density at radius 1 is 1.20 bits per heavy atom. The summed E-state index contributed by atoms with van der Waals surface area (Å²) in [6, 6.07) is 0. The molecule has 0 aliphatic carbocycles. The number of amides is 1. The molecule has 0 aromatic heterocycles. The molecule has 0 aromatic carbocycles. The van der Waals surface area contributed by atoms with Gasteiger partial charge in [-0.2, -0.15) is 0 Å². The van der Waals surface area contributed by atoms with Crippen molar-refractivity contribution >= 4 is 12.1 Å². The van der Waals surface area contributed by atoms with Crippen LogP contribution in [0.4, 0.5) is 4.79 Å². The minimum Gasteiger partial charge on any atom is -0.481 e. The van der Waals surface area contributed by atoms with E-state index in [9.17, 15) is 9.59 Å². The monoisotopic (exact) mass is 353 g/mol. The lowest BCUT2D eigenvalue weighted by atomic mass is 9.78. The lowest BCUT2D eigenvalue weighted by Gasteiger charge is -2.26. The second-order valence-electron chi connectivity index (χ2n) is 6.99. The Hall–Kier alpha value is -1.56. The maximum Gasteiger partial charge on any atom is 0.407 e. The van der Waals surface area contributed by atoms with Crippen molar-refractivity contribution in [3.63, 3.8) is 0 Å². The molecule has 0 radical (unpaired) electrons. The Labute approximate surface area is 150 Å². The van der Waals surface area contributed by atoms with Crippen molar-refractivity contribution in [3.05, 3.63) is 12.2 Å². The second kappa shape index (κ2) is 10.4. The van der Waals surface area contributed by atoms with Crippen molar-refractivity contribution in [3.8, 4) is 0 Å². The summed E-state index contributed by atoms with van der Waals surface area (Å²) in [5, 5.41) is 11.4. The van der Waals surface area contributed by atoms with Gasteiger partial charge in [0.1, 0.15) is 0 Å². The predicted molar refractivity (Wildman–Crippen MR) is 94.4 cm³/mol. The van der Waals surface area contributed by atoms with Gasteiger partial charge in [0, 0.05) is 18.9 Å². The fraction of sp³-hybridized carbons (Fsp3) is 0.789. The third-order valence-electron chi connectivity index (χ3n) is 5.13. The number of ether oxygens (including phenoxy) is 2. The van der Waals surface area contributed by atoms with Gasteiger partial charge >= 0.3 is 12.1 Å². The number of hydrogen-bond acceptors (Lipinski definition) is 4. The Balaban J connectivity index is 1.72. The number of aliphatic carboxylic acids is 1. The summed E-state index contributed by atoms with van der Waals surface area (Å²) in [6.45, 7) is 3.15. The normalized spacial score (nSPS) is 27.7.